The Labute approximate surface area is 102 Å². The molecular weight excluding hydrogens is 212 g/mol. The highest BCUT2D eigenvalue weighted by molar-refractivity contribution is 5.15. The number of β-amino-alcohol motifs (C(OH)–C–C–N with tert-alkyl or cyclic N) is 1. The van der Waals surface area contributed by atoms with Crippen LogP contribution in [0.3, 0.4) is 0 Å². The van der Waals surface area contributed by atoms with E-state index in [-0.39, 0.29) is 11.5 Å². The van der Waals surface area contributed by atoms with E-state index in [1.807, 2.05) is 6.07 Å². The Morgan fingerprint density at radius 2 is 2.18 bits per heavy atom. The average Bonchev–Trinajstić information content (AvgIpc) is 2.90. The van der Waals surface area contributed by atoms with E-state index < -0.39 is 0 Å². The molecule has 0 radical (unpaired) electrons. The van der Waals surface area contributed by atoms with Crippen molar-refractivity contribution in [3.8, 4) is 0 Å². The SMILES string of the molecule is OC1CN(Cc2ccccc2)CC12CCNC2. The summed E-state index contributed by atoms with van der Waals surface area (Å²) in [5.41, 5.74) is 1.46. The third-order valence-corrected chi connectivity index (χ3v) is 4.20. The maximum absolute atomic E-state index is 10.2. The minimum atomic E-state index is -0.166. The topological polar surface area (TPSA) is 35.5 Å². The summed E-state index contributed by atoms with van der Waals surface area (Å²) in [5.74, 6) is 0. The molecule has 0 bridgehead atoms. The van der Waals surface area contributed by atoms with Crippen LogP contribution in [-0.4, -0.2) is 42.3 Å². The van der Waals surface area contributed by atoms with Crippen molar-refractivity contribution in [1.29, 1.82) is 0 Å². The van der Waals surface area contributed by atoms with Gasteiger partial charge in [-0.2, -0.15) is 0 Å². The summed E-state index contributed by atoms with van der Waals surface area (Å²) in [4.78, 5) is 2.38. The van der Waals surface area contributed by atoms with Crippen LogP contribution in [0.4, 0.5) is 0 Å². The number of benzene rings is 1. The van der Waals surface area contributed by atoms with Crippen molar-refractivity contribution in [2.45, 2.75) is 19.1 Å². The lowest BCUT2D eigenvalue weighted by Gasteiger charge is -2.25. The molecule has 0 aromatic heterocycles. The number of hydrogen-bond acceptors (Lipinski definition) is 3. The molecule has 1 aromatic carbocycles. The minimum absolute atomic E-state index is 0.120. The van der Waals surface area contributed by atoms with Gasteiger partial charge in [-0.3, -0.25) is 4.90 Å². The van der Waals surface area contributed by atoms with Crippen LogP contribution >= 0.6 is 0 Å². The molecule has 0 aliphatic carbocycles. The van der Waals surface area contributed by atoms with Gasteiger partial charge in [-0.1, -0.05) is 30.3 Å². The molecular formula is C14H20N2O. The van der Waals surface area contributed by atoms with Crippen LogP contribution in [0.5, 0.6) is 0 Å². The van der Waals surface area contributed by atoms with Crippen molar-refractivity contribution in [2.75, 3.05) is 26.2 Å². The number of nitrogens with zero attached hydrogens (tertiary/aromatic N) is 1. The predicted molar refractivity (Wildman–Crippen MR) is 67.6 cm³/mol. The molecule has 3 rings (SSSR count). The summed E-state index contributed by atoms with van der Waals surface area (Å²) in [6.45, 7) is 4.82. The number of rotatable bonds is 2. The fourth-order valence-corrected chi connectivity index (χ4v) is 3.20. The maximum Gasteiger partial charge on any atom is 0.0748 e. The molecule has 0 saturated carbocycles. The highest BCUT2D eigenvalue weighted by Crippen LogP contribution is 2.36. The summed E-state index contributed by atoms with van der Waals surface area (Å²) < 4.78 is 0. The smallest absolute Gasteiger partial charge is 0.0748 e. The second kappa shape index (κ2) is 4.41. The van der Waals surface area contributed by atoms with Crippen molar-refractivity contribution in [3.05, 3.63) is 35.9 Å². The summed E-state index contributed by atoms with van der Waals surface area (Å²) in [6, 6.07) is 10.5. The first-order valence-corrected chi connectivity index (χ1v) is 6.44. The average molecular weight is 232 g/mol. The van der Waals surface area contributed by atoms with Crippen LogP contribution in [0.25, 0.3) is 0 Å². The van der Waals surface area contributed by atoms with E-state index in [9.17, 15) is 5.11 Å². The molecule has 2 saturated heterocycles. The Hall–Kier alpha value is -0.900. The van der Waals surface area contributed by atoms with Gasteiger partial charge in [-0.25, -0.2) is 0 Å². The predicted octanol–water partition coefficient (Wildman–Crippen LogP) is 0.843. The van der Waals surface area contributed by atoms with E-state index in [1.54, 1.807) is 0 Å². The van der Waals surface area contributed by atoms with Gasteiger partial charge < -0.3 is 10.4 Å². The molecule has 2 heterocycles. The van der Waals surface area contributed by atoms with Gasteiger partial charge in [0.1, 0.15) is 0 Å². The van der Waals surface area contributed by atoms with E-state index in [0.717, 1.165) is 39.1 Å². The Morgan fingerprint density at radius 3 is 2.88 bits per heavy atom. The fraction of sp³-hybridized carbons (Fsp3) is 0.571. The molecule has 3 nitrogen and oxygen atoms in total. The van der Waals surface area contributed by atoms with Crippen LogP contribution in [0.1, 0.15) is 12.0 Å². The van der Waals surface area contributed by atoms with Crippen molar-refractivity contribution in [1.82, 2.24) is 10.2 Å². The summed E-state index contributed by atoms with van der Waals surface area (Å²) in [7, 11) is 0. The van der Waals surface area contributed by atoms with E-state index in [1.165, 1.54) is 5.56 Å². The molecule has 1 spiro atoms. The molecule has 2 N–H and O–H groups in total. The molecule has 1 aromatic rings. The quantitative estimate of drug-likeness (QED) is 0.793. The van der Waals surface area contributed by atoms with Gasteiger partial charge in [-0.05, 0) is 18.5 Å². The summed E-state index contributed by atoms with van der Waals surface area (Å²) >= 11 is 0. The summed E-state index contributed by atoms with van der Waals surface area (Å²) in [6.07, 6.45) is 0.945. The number of likely N-dealkylation sites (tertiary alicyclic amines) is 1. The van der Waals surface area contributed by atoms with E-state index in [2.05, 4.69) is 34.5 Å². The minimum Gasteiger partial charge on any atom is -0.391 e. The van der Waals surface area contributed by atoms with Gasteiger partial charge in [-0.15, -0.1) is 0 Å². The van der Waals surface area contributed by atoms with Crippen molar-refractivity contribution in [3.63, 3.8) is 0 Å². The largest absolute Gasteiger partial charge is 0.391 e. The zero-order valence-electron chi connectivity index (χ0n) is 10.1. The highest BCUT2D eigenvalue weighted by Gasteiger charge is 2.47. The molecule has 92 valence electrons. The summed E-state index contributed by atoms with van der Waals surface area (Å²) in [5, 5.41) is 13.6. The van der Waals surface area contributed by atoms with E-state index in [4.69, 9.17) is 0 Å². The van der Waals surface area contributed by atoms with Crippen molar-refractivity contribution in [2.24, 2.45) is 5.41 Å². The monoisotopic (exact) mass is 232 g/mol. The number of aliphatic hydroxyl groups is 1. The zero-order valence-corrected chi connectivity index (χ0v) is 10.1. The molecule has 0 amide bonds. The number of aliphatic hydroxyl groups excluding tert-OH is 1. The first-order chi connectivity index (χ1) is 8.28. The van der Waals surface area contributed by atoms with Crippen molar-refractivity contribution >= 4 is 0 Å². The van der Waals surface area contributed by atoms with Crippen LogP contribution < -0.4 is 5.32 Å². The maximum atomic E-state index is 10.2. The Kier molecular flexibility index (Phi) is 2.90. The molecule has 17 heavy (non-hydrogen) atoms. The van der Waals surface area contributed by atoms with Gasteiger partial charge in [0.05, 0.1) is 6.10 Å². The van der Waals surface area contributed by atoms with Gasteiger partial charge in [0.2, 0.25) is 0 Å². The second-order valence-corrected chi connectivity index (χ2v) is 5.46. The lowest BCUT2D eigenvalue weighted by Crippen LogP contribution is -2.36. The lowest BCUT2D eigenvalue weighted by molar-refractivity contribution is 0.0835. The Balaban J connectivity index is 1.67. The molecule has 2 atom stereocenters. The molecule has 2 unspecified atom stereocenters. The second-order valence-electron chi connectivity index (χ2n) is 5.46. The fourth-order valence-electron chi connectivity index (χ4n) is 3.20. The number of hydrogen-bond donors (Lipinski definition) is 2. The molecule has 2 aliphatic heterocycles. The van der Waals surface area contributed by atoms with Crippen LogP contribution in [0.2, 0.25) is 0 Å². The third kappa shape index (κ3) is 2.10. The van der Waals surface area contributed by atoms with Crippen LogP contribution in [0.15, 0.2) is 30.3 Å². The third-order valence-electron chi connectivity index (χ3n) is 4.20. The molecule has 2 fully saturated rings. The van der Waals surface area contributed by atoms with Gasteiger partial charge in [0, 0.05) is 31.6 Å². The standard InChI is InChI=1S/C14H20N2O/c17-13-9-16(8-12-4-2-1-3-5-12)11-14(13)6-7-15-10-14/h1-5,13,15,17H,6-11H2. The van der Waals surface area contributed by atoms with E-state index in [0.29, 0.717) is 0 Å². The zero-order chi connectivity index (χ0) is 11.7. The molecule has 3 heteroatoms. The van der Waals surface area contributed by atoms with Gasteiger partial charge in [0.25, 0.3) is 0 Å². The first-order valence-electron chi connectivity index (χ1n) is 6.44. The van der Waals surface area contributed by atoms with Crippen LogP contribution in [-0.2, 0) is 6.54 Å². The highest BCUT2D eigenvalue weighted by atomic mass is 16.3. The first kappa shape index (κ1) is 11.2. The van der Waals surface area contributed by atoms with Crippen LogP contribution in [0, 0.1) is 5.41 Å². The molecule has 2 aliphatic rings. The van der Waals surface area contributed by atoms with E-state index >= 15 is 0 Å². The van der Waals surface area contributed by atoms with Gasteiger partial charge >= 0.3 is 0 Å². The Morgan fingerprint density at radius 1 is 1.35 bits per heavy atom. The number of nitrogens with one attached hydrogen (secondary N) is 1. The van der Waals surface area contributed by atoms with Gasteiger partial charge in [0.15, 0.2) is 0 Å². The lowest BCUT2D eigenvalue weighted by atomic mass is 9.84. The van der Waals surface area contributed by atoms with Crippen molar-refractivity contribution < 1.29 is 5.11 Å². The Bertz CT molecular complexity index is 373. The normalized spacial score (nSPS) is 33.6.